The van der Waals surface area contributed by atoms with Gasteiger partial charge in [-0.15, -0.1) is 0 Å². The van der Waals surface area contributed by atoms with E-state index in [0.29, 0.717) is 13.1 Å². The smallest absolute Gasteiger partial charge is 0.403 e. The van der Waals surface area contributed by atoms with Crippen LogP contribution < -0.4 is 0 Å². The number of hydrogen-bond donors (Lipinski definition) is 1. The van der Waals surface area contributed by atoms with Crippen molar-refractivity contribution in [3.05, 3.63) is 0 Å². The quantitative estimate of drug-likeness (QED) is 0.834. The van der Waals surface area contributed by atoms with Crippen molar-refractivity contribution in [3.63, 3.8) is 0 Å². The lowest BCUT2D eigenvalue weighted by Crippen LogP contribution is -2.49. The largest absolute Gasteiger partial charge is 0.481 e. The Morgan fingerprint density at radius 3 is 2.56 bits per heavy atom. The summed E-state index contributed by atoms with van der Waals surface area (Å²) in [5.41, 5.74) is 0. The van der Waals surface area contributed by atoms with Crippen molar-refractivity contribution in [1.29, 1.82) is 0 Å². The number of hydrogen-bond acceptors (Lipinski definition) is 3. The molecule has 0 amide bonds. The van der Waals surface area contributed by atoms with Crippen LogP contribution in [-0.2, 0) is 4.79 Å². The van der Waals surface area contributed by atoms with Crippen molar-refractivity contribution < 1.29 is 23.1 Å². The molecule has 1 aliphatic rings. The van der Waals surface area contributed by atoms with Gasteiger partial charge in [-0.1, -0.05) is 0 Å². The molecule has 18 heavy (non-hydrogen) atoms. The van der Waals surface area contributed by atoms with Crippen LogP contribution in [0.1, 0.15) is 12.8 Å². The highest BCUT2D eigenvalue weighted by Gasteiger charge is 2.46. The Labute approximate surface area is 104 Å². The number of likely N-dealkylation sites (tertiary alicyclic amines) is 1. The minimum atomic E-state index is -4.68. The second-order valence-corrected chi connectivity index (χ2v) is 4.95. The third-order valence-corrected chi connectivity index (χ3v) is 3.34. The molecule has 0 aromatic rings. The fraction of sp³-hybridized carbons (Fsp3) is 0.909. The van der Waals surface area contributed by atoms with Crippen LogP contribution in [0.5, 0.6) is 0 Å². The standard InChI is InChI=1S/C11H19F3N2O2/c1-15(2)8-4-3-5-16(6-8)7-9(10(17)18)11(12,13)14/h8-9H,3-7H2,1-2H3,(H,17,18). The molecule has 1 aliphatic heterocycles. The molecular formula is C11H19F3N2O2. The zero-order chi connectivity index (χ0) is 13.9. The van der Waals surface area contributed by atoms with Crippen LogP contribution in [0.3, 0.4) is 0 Å². The van der Waals surface area contributed by atoms with Crippen molar-refractivity contribution in [2.45, 2.75) is 25.1 Å². The molecular weight excluding hydrogens is 249 g/mol. The van der Waals surface area contributed by atoms with E-state index >= 15 is 0 Å². The summed E-state index contributed by atoms with van der Waals surface area (Å²) >= 11 is 0. The van der Waals surface area contributed by atoms with Gasteiger partial charge in [-0.3, -0.25) is 4.79 Å². The maximum absolute atomic E-state index is 12.6. The normalized spacial score (nSPS) is 24.2. The summed E-state index contributed by atoms with van der Waals surface area (Å²) in [6, 6.07) is 0.196. The Balaban J connectivity index is 2.62. The summed E-state index contributed by atoms with van der Waals surface area (Å²) in [4.78, 5) is 14.2. The van der Waals surface area contributed by atoms with Crippen molar-refractivity contribution in [1.82, 2.24) is 9.80 Å². The van der Waals surface area contributed by atoms with Crippen molar-refractivity contribution in [3.8, 4) is 0 Å². The molecule has 2 atom stereocenters. The Bertz CT molecular complexity index is 295. The minimum Gasteiger partial charge on any atom is -0.481 e. The van der Waals surface area contributed by atoms with E-state index in [2.05, 4.69) is 0 Å². The molecule has 1 N–H and O–H groups in total. The number of carboxylic acid groups (broad SMARTS) is 1. The van der Waals surface area contributed by atoms with Crippen molar-refractivity contribution in [2.75, 3.05) is 33.7 Å². The average Bonchev–Trinajstić information content (AvgIpc) is 2.24. The highest BCUT2D eigenvalue weighted by atomic mass is 19.4. The van der Waals surface area contributed by atoms with Crippen molar-refractivity contribution in [2.24, 2.45) is 5.92 Å². The van der Waals surface area contributed by atoms with Gasteiger partial charge in [0.05, 0.1) is 0 Å². The Morgan fingerprint density at radius 1 is 1.50 bits per heavy atom. The number of rotatable bonds is 4. The summed E-state index contributed by atoms with van der Waals surface area (Å²) < 4.78 is 37.7. The van der Waals surface area contributed by atoms with E-state index in [9.17, 15) is 18.0 Å². The molecule has 4 nitrogen and oxygen atoms in total. The van der Waals surface area contributed by atoms with Gasteiger partial charge in [0.15, 0.2) is 5.92 Å². The maximum atomic E-state index is 12.6. The van der Waals surface area contributed by atoms with Crippen LogP contribution in [0.15, 0.2) is 0 Å². The molecule has 1 saturated heterocycles. The van der Waals surface area contributed by atoms with Crippen LogP contribution in [0, 0.1) is 5.92 Å². The average molecular weight is 268 g/mol. The summed E-state index contributed by atoms with van der Waals surface area (Å²) in [6.45, 7) is 0.570. The lowest BCUT2D eigenvalue weighted by atomic mass is 10.0. The first-order valence-electron chi connectivity index (χ1n) is 5.90. The fourth-order valence-electron chi connectivity index (χ4n) is 2.20. The zero-order valence-electron chi connectivity index (χ0n) is 10.6. The monoisotopic (exact) mass is 268 g/mol. The summed E-state index contributed by atoms with van der Waals surface area (Å²) in [5, 5.41) is 8.66. The fourth-order valence-corrected chi connectivity index (χ4v) is 2.20. The van der Waals surface area contributed by atoms with Gasteiger partial charge in [0, 0.05) is 19.1 Å². The first kappa shape index (κ1) is 15.2. The predicted molar refractivity (Wildman–Crippen MR) is 60.3 cm³/mol. The first-order chi connectivity index (χ1) is 8.21. The van der Waals surface area contributed by atoms with Gasteiger partial charge in [0.1, 0.15) is 0 Å². The third kappa shape index (κ3) is 4.13. The molecule has 7 heteroatoms. The maximum Gasteiger partial charge on any atom is 0.403 e. The van der Waals surface area contributed by atoms with Crippen LogP contribution in [-0.4, -0.2) is 66.8 Å². The Hall–Kier alpha value is -0.820. The van der Waals surface area contributed by atoms with E-state index in [1.807, 2.05) is 19.0 Å². The van der Waals surface area contributed by atoms with Gasteiger partial charge in [0.2, 0.25) is 0 Å². The topological polar surface area (TPSA) is 43.8 Å². The molecule has 0 radical (unpaired) electrons. The Morgan fingerprint density at radius 2 is 2.11 bits per heavy atom. The molecule has 1 heterocycles. The lowest BCUT2D eigenvalue weighted by molar-refractivity contribution is -0.197. The van der Waals surface area contributed by atoms with Crippen molar-refractivity contribution >= 4 is 5.97 Å². The molecule has 0 saturated carbocycles. The van der Waals surface area contributed by atoms with E-state index in [4.69, 9.17) is 5.11 Å². The van der Waals surface area contributed by atoms with Crippen LogP contribution in [0.25, 0.3) is 0 Å². The second-order valence-electron chi connectivity index (χ2n) is 4.95. The third-order valence-electron chi connectivity index (χ3n) is 3.34. The van der Waals surface area contributed by atoms with Gasteiger partial charge in [-0.05, 0) is 33.5 Å². The van der Waals surface area contributed by atoms with Gasteiger partial charge in [-0.25, -0.2) is 0 Å². The van der Waals surface area contributed by atoms with Crippen LogP contribution in [0.4, 0.5) is 13.2 Å². The molecule has 0 aromatic carbocycles. The lowest BCUT2D eigenvalue weighted by Gasteiger charge is -2.37. The summed E-state index contributed by atoms with van der Waals surface area (Å²) in [6.07, 6.45) is -2.95. The highest BCUT2D eigenvalue weighted by molar-refractivity contribution is 5.71. The number of aliphatic carboxylic acids is 1. The van der Waals surface area contributed by atoms with Gasteiger partial charge < -0.3 is 14.9 Å². The number of likely N-dealkylation sites (N-methyl/N-ethyl adjacent to an activating group) is 1. The summed E-state index contributed by atoms with van der Waals surface area (Å²) in [5.74, 6) is -4.09. The molecule has 0 bridgehead atoms. The number of halogens is 3. The number of carboxylic acids is 1. The number of carbonyl (C=O) groups is 1. The van der Waals surface area contributed by atoms with E-state index < -0.39 is 24.6 Å². The molecule has 1 rings (SSSR count). The molecule has 2 unspecified atom stereocenters. The SMILES string of the molecule is CN(C)C1CCCN(CC(C(=O)O)C(F)(F)F)C1. The zero-order valence-corrected chi connectivity index (χ0v) is 10.6. The summed E-state index contributed by atoms with van der Waals surface area (Å²) in [7, 11) is 3.76. The van der Waals surface area contributed by atoms with Crippen LogP contribution in [0.2, 0.25) is 0 Å². The number of nitrogens with zero attached hydrogens (tertiary/aromatic N) is 2. The molecule has 0 aromatic heterocycles. The number of alkyl halides is 3. The van der Waals surface area contributed by atoms with E-state index in [1.165, 1.54) is 0 Å². The Kier molecular flexibility index (Phi) is 4.98. The molecule has 1 fully saturated rings. The van der Waals surface area contributed by atoms with E-state index in [0.717, 1.165) is 12.8 Å². The molecule has 0 aliphatic carbocycles. The highest BCUT2D eigenvalue weighted by Crippen LogP contribution is 2.28. The van der Waals surface area contributed by atoms with Crippen LogP contribution >= 0.6 is 0 Å². The second kappa shape index (κ2) is 5.88. The van der Waals surface area contributed by atoms with Gasteiger partial charge in [-0.2, -0.15) is 13.2 Å². The van der Waals surface area contributed by atoms with E-state index in [-0.39, 0.29) is 6.04 Å². The molecule has 0 spiro atoms. The van der Waals surface area contributed by atoms with Gasteiger partial charge >= 0.3 is 12.1 Å². The predicted octanol–water partition coefficient (Wildman–Crippen LogP) is 1.28. The first-order valence-corrected chi connectivity index (χ1v) is 5.90. The van der Waals surface area contributed by atoms with E-state index in [1.54, 1.807) is 4.90 Å². The molecule has 106 valence electrons. The van der Waals surface area contributed by atoms with Gasteiger partial charge in [0.25, 0.3) is 0 Å². The number of piperidine rings is 1. The minimum absolute atomic E-state index is 0.196.